The Labute approximate surface area is 151 Å². The predicted octanol–water partition coefficient (Wildman–Crippen LogP) is 4.29. The number of halogens is 1. The summed E-state index contributed by atoms with van der Waals surface area (Å²) in [5, 5.41) is 13.5. The molecule has 4 heteroatoms. The van der Waals surface area contributed by atoms with Crippen molar-refractivity contribution in [3.8, 4) is 0 Å². The SMILES string of the molecule is CCC(OCC(O)CNC(C)c1ccccc1)c1ccccc1.Cl. The van der Waals surface area contributed by atoms with Gasteiger partial charge in [0.1, 0.15) is 0 Å². The van der Waals surface area contributed by atoms with Gasteiger partial charge in [-0.25, -0.2) is 0 Å². The molecule has 0 bridgehead atoms. The number of aliphatic hydroxyl groups excluding tert-OH is 1. The molecular weight excluding hydrogens is 322 g/mol. The molecular formula is C20H28ClNO2. The van der Waals surface area contributed by atoms with Gasteiger partial charge in [-0.05, 0) is 24.5 Å². The summed E-state index contributed by atoms with van der Waals surface area (Å²) < 4.78 is 5.89. The molecule has 0 spiro atoms. The molecule has 2 aromatic carbocycles. The summed E-state index contributed by atoms with van der Waals surface area (Å²) in [6.45, 7) is 5.05. The van der Waals surface area contributed by atoms with Crippen molar-refractivity contribution in [1.29, 1.82) is 0 Å². The average Bonchev–Trinajstić information content (AvgIpc) is 2.62. The molecule has 0 fully saturated rings. The van der Waals surface area contributed by atoms with Crippen molar-refractivity contribution < 1.29 is 9.84 Å². The molecule has 0 saturated carbocycles. The third-order valence-electron chi connectivity index (χ3n) is 3.99. The zero-order chi connectivity index (χ0) is 16.5. The zero-order valence-corrected chi connectivity index (χ0v) is 15.2. The molecule has 3 atom stereocenters. The Morgan fingerprint density at radius 2 is 1.50 bits per heavy atom. The van der Waals surface area contributed by atoms with Crippen LogP contribution in [0, 0.1) is 0 Å². The van der Waals surface area contributed by atoms with E-state index in [-0.39, 0.29) is 24.6 Å². The maximum atomic E-state index is 10.1. The van der Waals surface area contributed by atoms with Gasteiger partial charge in [0.2, 0.25) is 0 Å². The molecule has 2 rings (SSSR count). The van der Waals surface area contributed by atoms with Gasteiger partial charge in [-0.15, -0.1) is 12.4 Å². The largest absolute Gasteiger partial charge is 0.389 e. The first-order chi connectivity index (χ1) is 11.2. The molecule has 0 aromatic heterocycles. The average molecular weight is 350 g/mol. The fourth-order valence-corrected chi connectivity index (χ4v) is 2.58. The van der Waals surface area contributed by atoms with E-state index in [1.807, 2.05) is 36.4 Å². The van der Waals surface area contributed by atoms with Gasteiger partial charge in [0, 0.05) is 12.6 Å². The normalized spacial score (nSPS) is 14.5. The van der Waals surface area contributed by atoms with Crippen LogP contribution in [0.25, 0.3) is 0 Å². The topological polar surface area (TPSA) is 41.5 Å². The molecule has 24 heavy (non-hydrogen) atoms. The van der Waals surface area contributed by atoms with E-state index in [2.05, 4.69) is 43.4 Å². The van der Waals surface area contributed by atoms with E-state index < -0.39 is 6.10 Å². The first-order valence-corrected chi connectivity index (χ1v) is 8.33. The summed E-state index contributed by atoms with van der Waals surface area (Å²) in [7, 11) is 0. The molecule has 0 saturated heterocycles. The van der Waals surface area contributed by atoms with Crippen LogP contribution in [0.15, 0.2) is 60.7 Å². The Kier molecular flexibility index (Phi) is 9.65. The van der Waals surface area contributed by atoms with Crippen LogP contribution in [0.2, 0.25) is 0 Å². The first-order valence-electron chi connectivity index (χ1n) is 8.33. The van der Waals surface area contributed by atoms with Crippen LogP contribution in [-0.4, -0.2) is 24.4 Å². The predicted molar refractivity (Wildman–Crippen MR) is 102 cm³/mol. The van der Waals surface area contributed by atoms with E-state index >= 15 is 0 Å². The Morgan fingerprint density at radius 1 is 0.958 bits per heavy atom. The van der Waals surface area contributed by atoms with Gasteiger partial charge in [-0.3, -0.25) is 0 Å². The number of rotatable bonds is 9. The minimum absolute atomic E-state index is 0. The third-order valence-corrected chi connectivity index (χ3v) is 3.99. The van der Waals surface area contributed by atoms with Gasteiger partial charge in [-0.2, -0.15) is 0 Å². The van der Waals surface area contributed by atoms with Crippen LogP contribution < -0.4 is 5.32 Å². The van der Waals surface area contributed by atoms with Crippen molar-refractivity contribution in [2.75, 3.05) is 13.2 Å². The van der Waals surface area contributed by atoms with E-state index in [1.165, 1.54) is 5.56 Å². The van der Waals surface area contributed by atoms with Gasteiger partial charge in [0.15, 0.2) is 0 Å². The van der Waals surface area contributed by atoms with Crippen LogP contribution >= 0.6 is 12.4 Å². The smallest absolute Gasteiger partial charge is 0.0898 e. The monoisotopic (exact) mass is 349 g/mol. The second-order valence-electron chi connectivity index (χ2n) is 5.84. The number of hydrogen-bond donors (Lipinski definition) is 2. The van der Waals surface area contributed by atoms with E-state index in [1.54, 1.807) is 0 Å². The molecule has 0 heterocycles. The second kappa shape index (κ2) is 11.2. The van der Waals surface area contributed by atoms with Crippen LogP contribution in [0.5, 0.6) is 0 Å². The van der Waals surface area contributed by atoms with Crippen molar-refractivity contribution in [3.05, 3.63) is 71.8 Å². The van der Waals surface area contributed by atoms with Gasteiger partial charge in [-0.1, -0.05) is 67.6 Å². The summed E-state index contributed by atoms with van der Waals surface area (Å²) in [4.78, 5) is 0. The number of aliphatic hydroxyl groups is 1. The van der Waals surface area contributed by atoms with E-state index in [0.717, 1.165) is 12.0 Å². The number of benzene rings is 2. The van der Waals surface area contributed by atoms with E-state index in [0.29, 0.717) is 13.2 Å². The van der Waals surface area contributed by atoms with Gasteiger partial charge >= 0.3 is 0 Å². The summed E-state index contributed by atoms with van der Waals surface area (Å²) in [6.07, 6.45) is 0.418. The molecule has 3 unspecified atom stereocenters. The quantitative estimate of drug-likeness (QED) is 0.709. The molecule has 0 radical (unpaired) electrons. The van der Waals surface area contributed by atoms with Crippen LogP contribution in [-0.2, 0) is 4.74 Å². The minimum atomic E-state index is -0.515. The Morgan fingerprint density at radius 3 is 2.04 bits per heavy atom. The lowest BCUT2D eigenvalue weighted by Gasteiger charge is -2.21. The Hall–Kier alpha value is -1.39. The summed E-state index contributed by atoms with van der Waals surface area (Å²) in [5.41, 5.74) is 2.38. The summed E-state index contributed by atoms with van der Waals surface area (Å²) >= 11 is 0. The maximum Gasteiger partial charge on any atom is 0.0898 e. The van der Waals surface area contributed by atoms with Crippen LogP contribution in [0.3, 0.4) is 0 Å². The molecule has 132 valence electrons. The molecule has 2 N–H and O–H groups in total. The van der Waals surface area contributed by atoms with E-state index in [4.69, 9.17) is 4.74 Å². The lowest BCUT2D eigenvalue weighted by atomic mass is 10.1. The summed E-state index contributed by atoms with van der Waals surface area (Å²) in [5.74, 6) is 0. The highest BCUT2D eigenvalue weighted by Crippen LogP contribution is 2.20. The molecule has 2 aromatic rings. The number of ether oxygens (including phenoxy) is 1. The highest BCUT2D eigenvalue weighted by Gasteiger charge is 2.13. The Balaban J connectivity index is 0.00000288. The first kappa shape index (κ1) is 20.7. The zero-order valence-electron chi connectivity index (χ0n) is 14.4. The van der Waals surface area contributed by atoms with Crippen LogP contribution in [0.4, 0.5) is 0 Å². The highest BCUT2D eigenvalue weighted by molar-refractivity contribution is 5.85. The van der Waals surface area contributed by atoms with Crippen molar-refractivity contribution >= 4 is 12.4 Å². The number of hydrogen-bond acceptors (Lipinski definition) is 3. The molecule has 0 aliphatic carbocycles. The summed E-state index contributed by atoms with van der Waals surface area (Å²) in [6, 6.07) is 20.6. The van der Waals surface area contributed by atoms with Crippen molar-refractivity contribution in [2.45, 2.75) is 38.5 Å². The maximum absolute atomic E-state index is 10.1. The molecule has 3 nitrogen and oxygen atoms in total. The number of nitrogens with one attached hydrogen (secondary N) is 1. The highest BCUT2D eigenvalue weighted by atomic mass is 35.5. The van der Waals surface area contributed by atoms with Gasteiger partial charge in [0.05, 0.1) is 18.8 Å². The lowest BCUT2D eigenvalue weighted by molar-refractivity contribution is -0.0120. The Bertz CT molecular complexity index is 550. The van der Waals surface area contributed by atoms with Gasteiger partial charge in [0.25, 0.3) is 0 Å². The van der Waals surface area contributed by atoms with Crippen molar-refractivity contribution in [3.63, 3.8) is 0 Å². The fraction of sp³-hybridized carbons (Fsp3) is 0.400. The lowest BCUT2D eigenvalue weighted by Crippen LogP contribution is -2.32. The third kappa shape index (κ3) is 6.62. The minimum Gasteiger partial charge on any atom is -0.389 e. The second-order valence-corrected chi connectivity index (χ2v) is 5.84. The fourth-order valence-electron chi connectivity index (χ4n) is 2.58. The van der Waals surface area contributed by atoms with Crippen molar-refractivity contribution in [1.82, 2.24) is 5.32 Å². The van der Waals surface area contributed by atoms with Crippen molar-refractivity contribution in [2.24, 2.45) is 0 Å². The molecule has 0 aliphatic heterocycles. The van der Waals surface area contributed by atoms with E-state index in [9.17, 15) is 5.11 Å². The molecule has 0 aliphatic rings. The van der Waals surface area contributed by atoms with Crippen LogP contribution in [0.1, 0.15) is 43.5 Å². The standard InChI is InChI=1S/C20H27NO2.ClH/c1-3-20(18-12-8-5-9-13-18)23-15-19(22)14-21-16(2)17-10-6-4-7-11-17;/h4-13,16,19-22H,3,14-15H2,1-2H3;1H. The van der Waals surface area contributed by atoms with Gasteiger partial charge < -0.3 is 15.2 Å². The molecule has 0 amide bonds.